The second-order valence-corrected chi connectivity index (χ2v) is 10.5. The molecule has 0 bridgehead atoms. The standard InChI is InChI=1S/C30H25ClF5N5O3/c31-18-11-16(14-37)12-19(13-18)41-15-22(28(43)40-25-21(26(32)33)7-4-8-23(25)41)39-29(44)24(17-5-2-1-3-6-17)20(27(38)42)9-10-30(34,35)36/h1-8,11-13,20,22,24,26H,9-10,15H2,(H2,38,42)(H,39,44)(H,40,43)/t20-,22+,24+/m1/s1. The van der Waals surface area contributed by atoms with Crippen molar-refractivity contribution in [1.82, 2.24) is 5.32 Å². The van der Waals surface area contributed by atoms with Gasteiger partial charge in [-0.3, -0.25) is 14.4 Å². The van der Waals surface area contributed by atoms with E-state index in [0.29, 0.717) is 0 Å². The van der Waals surface area contributed by atoms with E-state index in [9.17, 15) is 41.6 Å². The number of hydrogen-bond donors (Lipinski definition) is 3. The SMILES string of the molecule is N#Cc1cc(Cl)cc(N2C[C@H](NC(=O)[C@@H](c3ccccc3)[C@@H](CCC(F)(F)F)C(N)=O)C(=O)Nc3c(C(F)F)cccc32)c1. The molecule has 3 aromatic rings. The normalized spacial score (nSPS) is 16.3. The highest BCUT2D eigenvalue weighted by Crippen LogP contribution is 2.41. The number of carbonyl (C=O) groups is 3. The maximum absolute atomic E-state index is 14.0. The molecule has 0 spiro atoms. The van der Waals surface area contributed by atoms with Gasteiger partial charge in [0.1, 0.15) is 6.04 Å². The smallest absolute Gasteiger partial charge is 0.369 e. The number of amides is 3. The fourth-order valence-corrected chi connectivity index (χ4v) is 5.33. The van der Waals surface area contributed by atoms with E-state index in [4.69, 9.17) is 17.3 Å². The van der Waals surface area contributed by atoms with Crippen molar-refractivity contribution in [2.24, 2.45) is 11.7 Å². The van der Waals surface area contributed by atoms with E-state index >= 15 is 0 Å². The van der Waals surface area contributed by atoms with E-state index in [0.717, 1.165) is 6.07 Å². The number of alkyl halides is 5. The van der Waals surface area contributed by atoms with Crippen molar-refractivity contribution in [3.63, 3.8) is 0 Å². The minimum Gasteiger partial charge on any atom is -0.369 e. The van der Waals surface area contributed by atoms with E-state index < -0.39 is 66.6 Å². The fourth-order valence-electron chi connectivity index (χ4n) is 5.11. The number of nitriles is 1. The summed E-state index contributed by atoms with van der Waals surface area (Å²) < 4.78 is 67.4. The predicted molar refractivity (Wildman–Crippen MR) is 152 cm³/mol. The number of rotatable bonds is 9. The van der Waals surface area contributed by atoms with Gasteiger partial charge in [-0.2, -0.15) is 18.4 Å². The molecule has 0 radical (unpaired) electrons. The molecule has 0 unspecified atom stereocenters. The first-order valence-electron chi connectivity index (χ1n) is 13.2. The topological polar surface area (TPSA) is 128 Å². The number of primary amides is 1. The Balaban J connectivity index is 1.77. The summed E-state index contributed by atoms with van der Waals surface area (Å²) in [6.45, 7) is -0.367. The summed E-state index contributed by atoms with van der Waals surface area (Å²) in [7, 11) is 0. The zero-order chi connectivity index (χ0) is 32.2. The molecule has 1 aliphatic heterocycles. The largest absolute Gasteiger partial charge is 0.389 e. The second-order valence-electron chi connectivity index (χ2n) is 10.1. The number of carbonyl (C=O) groups excluding carboxylic acids is 3. The highest BCUT2D eigenvalue weighted by atomic mass is 35.5. The minimum absolute atomic E-state index is 0.110. The van der Waals surface area contributed by atoms with E-state index in [1.54, 1.807) is 6.07 Å². The molecule has 4 rings (SSSR count). The van der Waals surface area contributed by atoms with Crippen LogP contribution in [-0.2, 0) is 14.4 Å². The van der Waals surface area contributed by atoms with E-state index in [2.05, 4.69) is 10.6 Å². The highest BCUT2D eigenvalue weighted by molar-refractivity contribution is 6.31. The Morgan fingerprint density at radius 3 is 2.43 bits per heavy atom. The molecule has 1 heterocycles. The first-order chi connectivity index (χ1) is 20.8. The van der Waals surface area contributed by atoms with Gasteiger partial charge >= 0.3 is 6.18 Å². The molecule has 0 saturated heterocycles. The number of anilines is 3. The molecule has 8 nitrogen and oxygen atoms in total. The van der Waals surface area contributed by atoms with Crippen molar-refractivity contribution < 1.29 is 36.3 Å². The molecule has 1 aliphatic rings. The summed E-state index contributed by atoms with van der Waals surface area (Å²) in [5, 5.41) is 14.5. The molecule has 0 aromatic heterocycles. The highest BCUT2D eigenvalue weighted by Gasteiger charge is 2.40. The summed E-state index contributed by atoms with van der Waals surface area (Å²) in [5.74, 6) is -6.16. The van der Waals surface area contributed by atoms with Gasteiger partial charge in [-0.05, 0) is 36.2 Å². The maximum Gasteiger partial charge on any atom is 0.389 e. The van der Waals surface area contributed by atoms with Crippen molar-refractivity contribution in [2.75, 3.05) is 16.8 Å². The van der Waals surface area contributed by atoms with Gasteiger partial charge in [0.2, 0.25) is 17.7 Å². The molecule has 4 N–H and O–H groups in total. The lowest BCUT2D eigenvalue weighted by molar-refractivity contribution is -0.143. The first-order valence-corrected chi connectivity index (χ1v) is 13.6. The number of nitrogens with two attached hydrogens (primary N) is 1. The van der Waals surface area contributed by atoms with Gasteiger partial charge in [-0.15, -0.1) is 0 Å². The monoisotopic (exact) mass is 633 g/mol. The molecule has 0 saturated carbocycles. The number of benzene rings is 3. The number of hydrogen-bond acceptors (Lipinski definition) is 5. The van der Waals surface area contributed by atoms with E-state index in [-0.39, 0.29) is 39.8 Å². The molecule has 230 valence electrons. The van der Waals surface area contributed by atoms with Gasteiger partial charge in [0.15, 0.2) is 0 Å². The molecule has 3 amide bonds. The Morgan fingerprint density at radius 1 is 1.11 bits per heavy atom. The molecule has 14 heteroatoms. The quantitative estimate of drug-likeness (QED) is 0.251. The van der Waals surface area contributed by atoms with Crippen molar-refractivity contribution in [2.45, 2.75) is 37.4 Å². The van der Waals surface area contributed by atoms with Crippen LogP contribution in [0.1, 0.15) is 41.9 Å². The van der Waals surface area contributed by atoms with Crippen LogP contribution < -0.4 is 21.3 Å². The van der Waals surface area contributed by atoms with Crippen molar-refractivity contribution >= 4 is 46.4 Å². The summed E-state index contributed by atoms with van der Waals surface area (Å²) in [4.78, 5) is 41.1. The van der Waals surface area contributed by atoms with Crippen LogP contribution in [-0.4, -0.2) is 36.5 Å². The first kappa shape index (κ1) is 32.2. The van der Waals surface area contributed by atoms with Gasteiger partial charge < -0.3 is 21.3 Å². The van der Waals surface area contributed by atoms with Gasteiger partial charge in [0.05, 0.1) is 41.4 Å². The van der Waals surface area contributed by atoms with Crippen LogP contribution in [0.15, 0.2) is 66.7 Å². The average molecular weight is 634 g/mol. The van der Waals surface area contributed by atoms with Crippen molar-refractivity contribution in [3.8, 4) is 6.07 Å². The average Bonchev–Trinajstić information content (AvgIpc) is 3.10. The third-order valence-corrected chi connectivity index (χ3v) is 7.34. The van der Waals surface area contributed by atoms with Crippen molar-refractivity contribution in [3.05, 3.63) is 88.4 Å². The lowest BCUT2D eigenvalue weighted by Gasteiger charge is -2.30. The molecular weight excluding hydrogens is 609 g/mol. The lowest BCUT2D eigenvalue weighted by Crippen LogP contribution is -2.51. The maximum atomic E-state index is 14.0. The van der Waals surface area contributed by atoms with Gasteiger partial charge in [0, 0.05) is 22.7 Å². The number of nitrogens with one attached hydrogen (secondary N) is 2. The fraction of sp³-hybridized carbons (Fsp3) is 0.267. The van der Waals surface area contributed by atoms with E-state index in [1.807, 2.05) is 6.07 Å². The molecule has 44 heavy (non-hydrogen) atoms. The van der Waals surface area contributed by atoms with Crippen LogP contribution in [0.3, 0.4) is 0 Å². The number of para-hydroxylation sites is 1. The summed E-state index contributed by atoms with van der Waals surface area (Å²) in [6.07, 6.45) is -9.83. The zero-order valence-corrected chi connectivity index (χ0v) is 23.5. The van der Waals surface area contributed by atoms with Crippen LogP contribution >= 0.6 is 11.6 Å². The van der Waals surface area contributed by atoms with Gasteiger partial charge in [0.25, 0.3) is 6.43 Å². The van der Waals surface area contributed by atoms with Gasteiger partial charge in [-0.25, -0.2) is 8.78 Å². The number of nitrogens with zero attached hydrogens (tertiary/aromatic N) is 2. The zero-order valence-electron chi connectivity index (χ0n) is 22.7. The second kappa shape index (κ2) is 13.3. The molecule has 3 atom stereocenters. The molecule has 0 fully saturated rings. The summed E-state index contributed by atoms with van der Waals surface area (Å²) in [6, 6.07) is 16.1. The molecule has 3 aromatic carbocycles. The summed E-state index contributed by atoms with van der Waals surface area (Å²) >= 11 is 6.21. The predicted octanol–water partition coefficient (Wildman–Crippen LogP) is 5.95. The Kier molecular flexibility index (Phi) is 9.74. The molecular formula is C30H25ClF5N5O3. The minimum atomic E-state index is -4.64. The van der Waals surface area contributed by atoms with Crippen LogP contribution in [0, 0.1) is 17.2 Å². The van der Waals surface area contributed by atoms with Crippen LogP contribution in [0.5, 0.6) is 0 Å². The van der Waals surface area contributed by atoms with Crippen LogP contribution in [0.2, 0.25) is 5.02 Å². The van der Waals surface area contributed by atoms with E-state index in [1.165, 1.54) is 59.5 Å². The van der Waals surface area contributed by atoms with Crippen LogP contribution in [0.4, 0.5) is 39.0 Å². The molecule has 0 aliphatic carbocycles. The Morgan fingerprint density at radius 2 is 1.82 bits per heavy atom. The number of halogens is 6. The van der Waals surface area contributed by atoms with Crippen molar-refractivity contribution in [1.29, 1.82) is 5.26 Å². The third-order valence-electron chi connectivity index (χ3n) is 7.12. The lowest BCUT2D eigenvalue weighted by atomic mass is 9.81. The van der Waals surface area contributed by atoms with Crippen LogP contribution in [0.25, 0.3) is 0 Å². The Labute approximate surface area is 253 Å². The number of fused-ring (bicyclic) bond motifs is 1. The summed E-state index contributed by atoms with van der Waals surface area (Å²) in [5.41, 5.74) is 5.37. The van der Waals surface area contributed by atoms with Gasteiger partial charge in [-0.1, -0.05) is 54.1 Å². The Bertz CT molecular complexity index is 1600. The Hall–Kier alpha value is -4.70. The third kappa shape index (κ3) is 7.44.